The van der Waals surface area contributed by atoms with E-state index in [-0.39, 0.29) is 11.9 Å². The number of halogens is 1. The van der Waals surface area contributed by atoms with Gasteiger partial charge in [0.15, 0.2) is 0 Å². The van der Waals surface area contributed by atoms with Crippen LogP contribution >= 0.6 is 0 Å². The van der Waals surface area contributed by atoms with E-state index in [1.165, 1.54) is 6.07 Å². The molecule has 0 spiro atoms. The van der Waals surface area contributed by atoms with Gasteiger partial charge in [0.25, 0.3) is 0 Å². The van der Waals surface area contributed by atoms with E-state index >= 15 is 0 Å². The van der Waals surface area contributed by atoms with Crippen molar-refractivity contribution in [2.45, 2.75) is 25.8 Å². The molecule has 0 aromatic heterocycles. The molecular weight excluding hydrogens is 219 g/mol. The van der Waals surface area contributed by atoms with E-state index in [2.05, 4.69) is 12.2 Å². The van der Waals surface area contributed by atoms with E-state index in [1.807, 2.05) is 0 Å². The van der Waals surface area contributed by atoms with Gasteiger partial charge >= 0.3 is 0 Å². The number of rotatable bonds is 3. The molecule has 1 aromatic carbocycles. The van der Waals surface area contributed by atoms with Crippen molar-refractivity contribution in [2.75, 3.05) is 24.3 Å². The quantitative estimate of drug-likeness (QED) is 0.796. The van der Waals surface area contributed by atoms with E-state index in [0.29, 0.717) is 17.3 Å². The third-order valence-electron chi connectivity index (χ3n) is 3.35. The van der Waals surface area contributed by atoms with E-state index in [9.17, 15) is 4.39 Å². The van der Waals surface area contributed by atoms with Crippen LogP contribution in [0.2, 0.25) is 0 Å². The summed E-state index contributed by atoms with van der Waals surface area (Å²) in [7, 11) is 0. The van der Waals surface area contributed by atoms with Crippen LogP contribution in [0.3, 0.4) is 0 Å². The highest BCUT2D eigenvalue weighted by Gasteiger charge is 2.20. The van der Waals surface area contributed by atoms with Crippen LogP contribution in [0.25, 0.3) is 0 Å². The first-order valence-electron chi connectivity index (χ1n) is 6.06. The predicted molar refractivity (Wildman–Crippen MR) is 67.4 cm³/mol. The fourth-order valence-electron chi connectivity index (χ4n) is 2.23. The van der Waals surface area contributed by atoms with Gasteiger partial charge in [-0.2, -0.15) is 0 Å². The van der Waals surface area contributed by atoms with Crippen molar-refractivity contribution in [1.82, 2.24) is 0 Å². The normalized spacial score (nSPS) is 18.9. The van der Waals surface area contributed by atoms with Crippen molar-refractivity contribution in [3.63, 3.8) is 0 Å². The van der Waals surface area contributed by atoms with Crippen molar-refractivity contribution < 1.29 is 9.13 Å². The van der Waals surface area contributed by atoms with Gasteiger partial charge in [0.05, 0.1) is 5.69 Å². The van der Waals surface area contributed by atoms with E-state index in [1.54, 1.807) is 12.1 Å². The van der Waals surface area contributed by atoms with Crippen LogP contribution < -0.4 is 11.1 Å². The van der Waals surface area contributed by atoms with Gasteiger partial charge in [-0.25, -0.2) is 4.39 Å². The van der Waals surface area contributed by atoms with Gasteiger partial charge in [0, 0.05) is 24.9 Å². The first-order chi connectivity index (χ1) is 8.16. The van der Waals surface area contributed by atoms with Crippen molar-refractivity contribution in [3.05, 3.63) is 24.0 Å². The molecule has 0 bridgehead atoms. The largest absolute Gasteiger partial charge is 0.399 e. The molecule has 1 aromatic rings. The van der Waals surface area contributed by atoms with Gasteiger partial charge in [-0.3, -0.25) is 0 Å². The summed E-state index contributed by atoms with van der Waals surface area (Å²) in [6, 6.07) is 5.00. The maximum atomic E-state index is 13.6. The highest BCUT2D eigenvalue weighted by Crippen LogP contribution is 2.24. The van der Waals surface area contributed by atoms with E-state index in [4.69, 9.17) is 10.5 Å². The lowest BCUT2D eigenvalue weighted by Crippen LogP contribution is -2.31. The maximum Gasteiger partial charge on any atom is 0.148 e. The van der Waals surface area contributed by atoms with Crippen LogP contribution in [0, 0.1) is 11.7 Å². The Hall–Kier alpha value is -1.29. The smallest absolute Gasteiger partial charge is 0.148 e. The Morgan fingerprint density at radius 1 is 1.41 bits per heavy atom. The molecule has 94 valence electrons. The molecule has 2 rings (SSSR count). The zero-order chi connectivity index (χ0) is 12.3. The SMILES string of the molecule is CC(Nc1ccc(N)cc1F)C1CCOCC1. The first kappa shape index (κ1) is 12.2. The van der Waals surface area contributed by atoms with Gasteiger partial charge in [-0.1, -0.05) is 0 Å². The fraction of sp³-hybridized carbons (Fsp3) is 0.538. The molecule has 3 N–H and O–H groups in total. The minimum absolute atomic E-state index is 0.247. The van der Waals surface area contributed by atoms with E-state index in [0.717, 1.165) is 26.1 Å². The Morgan fingerprint density at radius 3 is 2.76 bits per heavy atom. The summed E-state index contributed by atoms with van der Waals surface area (Å²) in [5.74, 6) is 0.254. The Labute approximate surface area is 101 Å². The number of hydrogen-bond donors (Lipinski definition) is 2. The van der Waals surface area contributed by atoms with Crippen LogP contribution in [0.1, 0.15) is 19.8 Å². The lowest BCUT2D eigenvalue weighted by Gasteiger charge is -2.29. The lowest BCUT2D eigenvalue weighted by atomic mass is 9.93. The summed E-state index contributed by atoms with van der Waals surface area (Å²) < 4.78 is 18.9. The van der Waals surface area contributed by atoms with Crippen LogP contribution in [0.4, 0.5) is 15.8 Å². The summed E-state index contributed by atoms with van der Waals surface area (Å²) in [5, 5.41) is 3.22. The zero-order valence-corrected chi connectivity index (χ0v) is 10.1. The molecular formula is C13H19FN2O. The molecule has 3 nitrogen and oxygen atoms in total. The molecule has 1 heterocycles. The van der Waals surface area contributed by atoms with Crippen LogP contribution in [-0.2, 0) is 4.74 Å². The molecule has 17 heavy (non-hydrogen) atoms. The van der Waals surface area contributed by atoms with Gasteiger partial charge < -0.3 is 15.8 Å². The van der Waals surface area contributed by atoms with Gasteiger partial charge in [0.2, 0.25) is 0 Å². The third kappa shape index (κ3) is 3.09. The average Bonchev–Trinajstić information content (AvgIpc) is 2.34. The fourth-order valence-corrected chi connectivity index (χ4v) is 2.23. The molecule has 4 heteroatoms. The topological polar surface area (TPSA) is 47.3 Å². The van der Waals surface area contributed by atoms with Crippen LogP contribution in [0.15, 0.2) is 18.2 Å². The maximum absolute atomic E-state index is 13.6. The van der Waals surface area contributed by atoms with Crippen molar-refractivity contribution in [3.8, 4) is 0 Å². The van der Waals surface area contributed by atoms with Crippen LogP contribution in [-0.4, -0.2) is 19.3 Å². The Kier molecular flexibility index (Phi) is 3.84. The third-order valence-corrected chi connectivity index (χ3v) is 3.35. The monoisotopic (exact) mass is 238 g/mol. The molecule has 0 radical (unpaired) electrons. The minimum Gasteiger partial charge on any atom is -0.399 e. The summed E-state index contributed by atoms with van der Waals surface area (Å²) in [6.45, 7) is 3.70. The number of nitrogens with one attached hydrogen (secondary N) is 1. The summed E-state index contributed by atoms with van der Waals surface area (Å²) in [4.78, 5) is 0. The summed E-state index contributed by atoms with van der Waals surface area (Å²) >= 11 is 0. The summed E-state index contributed by atoms with van der Waals surface area (Å²) in [6.07, 6.45) is 2.06. The molecule has 1 atom stereocenters. The Balaban J connectivity index is 1.99. The van der Waals surface area contributed by atoms with Crippen molar-refractivity contribution in [2.24, 2.45) is 5.92 Å². The first-order valence-corrected chi connectivity index (χ1v) is 6.06. The Bertz CT molecular complexity index is 378. The van der Waals surface area contributed by atoms with Gasteiger partial charge in [0.1, 0.15) is 5.82 Å². The van der Waals surface area contributed by atoms with Crippen molar-refractivity contribution in [1.29, 1.82) is 0 Å². The second-order valence-electron chi connectivity index (χ2n) is 4.62. The number of nitrogen functional groups attached to an aromatic ring is 1. The standard InChI is InChI=1S/C13H19FN2O/c1-9(10-4-6-17-7-5-10)16-13-3-2-11(15)8-12(13)14/h2-3,8-10,16H,4-7,15H2,1H3. The van der Waals surface area contributed by atoms with Crippen molar-refractivity contribution >= 4 is 11.4 Å². The van der Waals surface area contributed by atoms with Crippen LogP contribution in [0.5, 0.6) is 0 Å². The molecule has 1 aliphatic rings. The molecule has 0 saturated carbocycles. The van der Waals surface area contributed by atoms with E-state index < -0.39 is 0 Å². The molecule has 1 unspecified atom stereocenters. The highest BCUT2D eigenvalue weighted by molar-refractivity contribution is 5.53. The number of nitrogens with two attached hydrogens (primary N) is 1. The zero-order valence-electron chi connectivity index (χ0n) is 10.1. The predicted octanol–water partition coefficient (Wildman–Crippen LogP) is 2.63. The number of ether oxygens (including phenoxy) is 1. The molecule has 1 aliphatic heterocycles. The molecule has 0 aliphatic carbocycles. The average molecular weight is 238 g/mol. The molecule has 1 saturated heterocycles. The van der Waals surface area contributed by atoms with Gasteiger partial charge in [-0.15, -0.1) is 0 Å². The number of benzene rings is 1. The second-order valence-corrected chi connectivity index (χ2v) is 4.62. The minimum atomic E-state index is -0.288. The Morgan fingerprint density at radius 2 is 2.12 bits per heavy atom. The summed E-state index contributed by atoms with van der Waals surface area (Å²) in [5.41, 5.74) is 6.49. The highest BCUT2D eigenvalue weighted by atomic mass is 19.1. The number of anilines is 2. The van der Waals surface area contributed by atoms with Gasteiger partial charge in [-0.05, 0) is 43.9 Å². The number of hydrogen-bond acceptors (Lipinski definition) is 3. The lowest BCUT2D eigenvalue weighted by molar-refractivity contribution is 0.0622. The molecule has 1 fully saturated rings. The molecule has 0 amide bonds. The second kappa shape index (κ2) is 5.36.